The zero-order valence-corrected chi connectivity index (χ0v) is 8.92. The lowest BCUT2D eigenvalue weighted by atomic mass is 9.56. The summed E-state index contributed by atoms with van der Waals surface area (Å²) in [5.41, 5.74) is -0.977. The van der Waals surface area contributed by atoms with Gasteiger partial charge in [-0.15, -0.1) is 0 Å². The van der Waals surface area contributed by atoms with Crippen LogP contribution in [0, 0.1) is 11.3 Å². The molecule has 2 aliphatic rings. The SMILES string of the molecule is C[C@@H]1CCC[C@@]2(C)CC(=O)C=C[C@@]12O. The third kappa shape index (κ3) is 1.17. The highest BCUT2D eigenvalue weighted by atomic mass is 16.3. The average molecular weight is 194 g/mol. The minimum absolute atomic E-state index is 0.159. The number of hydrogen-bond acceptors (Lipinski definition) is 2. The van der Waals surface area contributed by atoms with Gasteiger partial charge in [0.1, 0.15) is 0 Å². The van der Waals surface area contributed by atoms with Crippen LogP contribution in [0.1, 0.15) is 39.5 Å². The Bertz CT molecular complexity index is 295. The fourth-order valence-corrected chi connectivity index (χ4v) is 3.07. The summed E-state index contributed by atoms with van der Waals surface area (Å²) >= 11 is 0. The van der Waals surface area contributed by atoms with Gasteiger partial charge in [0.05, 0.1) is 5.60 Å². The van der Waals surface area contributed by atoms with E-state index in [1.54, 1.807) is 12.2 Å². The zero-order chi connectivity index (χ0) is 10.4. The van der Waals surface area contributed by atoms with Gasteiger partial charge in [-0.2, -0.15) is 0 Å². The maximum atomic E-state index is 11.4. The molecule has 0 amide bonds. The quantitative estimate of drug-likeness (QED) is 0.641. The lowest BCUT2D eigenvalue weighted by Crippen LogP contribution is -2.55. The summed E-state index contributed by atoms with van der Waals surface area (Å²) in [6, 6.07) is 0. The first kappa shape index (κ1) is 9.91. The van der Waals surface area contributed by atoms with Crippen molar-refractivity contribution in [3.05, 3.63) is 12.2 Å². The Balaban J connectivity index is 2.42. The van der Waals surface area contributed by atoms with Gasteiger partial charge in [0.25, 0.3) is 0 Å². The van der Waals surface area contributed by atoms with Crippen molar-refractivity contribution in [3.63, 3.8) is 0 Å². The highest BCUT2D eigenvalue weighted by Gasteiger charge is 2.53. The van der Waals surface area contributed by atoms with Crippen molar-refractivity contribution in [2.45, 2.75) is 45.1 Å². The summed E-state index contributed by atoms with van der Waals surface area (Å²) in [4.78, 5) is 11.4. The molecule has 0 radical (unpaired) electrons. The average Bonchev–Trinajstić information content (AvgIpc) is 2.10. The van der Waals surface area contributed by atoms with Crippen LogP contribution in [-0.2, 0) is 4.79 Å². The van der Waals surface area contributed by atoms with Crippen LogP contribution in [-0.4, -0.2) is 16.5 Å². The monoisotopic (exact) mass is 194 g/mol. The third-order valence-electron chi connectivity index (χ3n) is 4.17. The van der Waals surface area contributed by atoms with Crippen LogP contribution >= 0.6 is 0 Å². The summed E-state index contributed by atoms with van der Waals surface area (Å²) in [6.07, 6.45) is 6.95. The van der Waals surface area contributed by atoms with Crippen molar-refractivity contribution >= 4 is 5.78 Å². The molecule has 1 N–H and O–H groups in total. The number of carbonyl (C=O) groups excluding carboxylic acids is 1. The van der Waals surface area contributed by atoms with Gasteiger partial charge in [-0.25, -0.2) is 0 Å². The van der Waals surface area contributed by atoms with Crippen molar-refractivity contribution in [1.29, 1.82) is 0 Å². The van der Waals surface area contributed by atoms with Crippen LogP contribution in [0.25, 0.3) is 0 Å². The highest BCUT2D eigenvalue weighted by Crippen LogP contribution is 2.52. The summed E-state index contributed by atoms with van der Waals surface area (Å²) in [5.74, 6) is 0.428. The van der Waals surface area contributed by atoms with Gasteiger partial charge in [-0.3, -0.25) is 4.79 Å². The lowest BCUT2D eigenvalue weighted by molar-refractivity contribution is -0.137. The molecule has 2 nitrogen and oxygen atoms in total. The van der Waals surface area contributed by atoms with E-state index in [2.05, 4.69) is 6.92 Å². The predicted octanol–water partition coefficient (Wildman–Crippen LogP) is 2.07. The minimum Gasteiger partial charge on any atom is -0.385 e. The highest BCUT2D eigenvalue weighted by molar-refractivity contribution is 5.91. The molecule has 0 saturated heterocycles. The first-order chi connectivity index (χ1) is 6.48. The van der Waals surface area contributed by atoms with E-state index in [9.17, 15) is 9.90 Å². The molecule has 1 saturated carbocycles. The Morgan fingerprint density at radius 1 is 1.57 bits per heavy atom. The van der Waals surface area contributed by atoms with Crippen LogP contribution in [0.4, 0.5) is 0 Å². The van der Waals surface area contributed by atoms with Crippen molar-refractivity contribution in [1.82, 2.24) is 0 Å². The van der Waals surface area contributed by atoms with Gasteiger partial charge >= 0.3 is 0 Å². The Labute approximate surface area is 85.0 Å². The van der Waals surface area contributed by atoms with E-state index < -0.39 is 5.60 Å². The molecule has 0 aromatic carbocycles. The minimum atomic E-state index is -0.751. The van der Waals surface area contributed by atoms with Crippen LogP contribution in [0.15, 0.2) is 12.2 Å². The van der Waals surface area contributed by atoms with E-state index in [4.69, 9.17) is 0 Å². The lowest BCUT2D eigenvalue weighted by Gasteiger charge is -2.52. The molecule has 0 aromatic rings. The number of allylic oxidation sites excluding steroid dienone is 1. The van der Waals surface area contributed by atoms with Gasteiger partial charge in [-0.05, 0) is 30.9 Å². The molecule has 0 heterocycles. The Hall–Kier alpha value is -0.630. The molecule has 3 atom stereocenters. The molecule has 0 bridgehead atoms. The van der Waals surface area contributed by atoms with Crippen molar-refractivity contribution < 1.29 is 9.90 Å². The molecule has 78 valence electrons. The fraction of sp³-hybridized carbons (Fsp3) is 0.750. The van der Waals surface area contributed by atoms with E-state index in [1.807, 2.05) is 6.92 Å². The van der Waals surface area contributed by atoms with E-state index in [0.717, 1.165) is 19.3 Å². The summed E-state index contributed by atoms with van der Waals surface area (Å²) in [5, 5.41) is 10.6. The van der Waals surface area contributed by atoms with E-state index in [-0.39, 0.29) is 17.1 Å². The first-order valence-corrected chi connectivity index (χ1v) is 5.42. The number of rotatable bonds is 0. The number of aliphatic hydroxyl groups is 1. The largest absolute Gasteiger partial charge is 0.385 e. The van der Waals surface area contributed by atoms with Crippen LogP contribution in [0.5, 0.6) is 0 Å². The molecular weight excluding hydrogens is 176 g/mol. The molecule has 0 unspecified atom stereocenters. The Kier molecular flexibility index (Phi) is 2.07. The molecule has 2 heteroatoms. The molecule has 2 rings (SSSR count). The Morgan fingerprint density at radius 2 is 2.29 bits per heavy atom. The second-order valence-corrected chi connectivity index (χ2v) is 5.16. The molecule has 14 heavy (non-hydrogen) atoms. The smallest absolute Gasteiger partial charge is 0.156 e. The van der Waals surface area contributed by atoms with E-state index >= 15 is 0 Å². The number of fused-ring (bicyclic) bond motifs is 1. The van der Waals surface area contributed by atoms with Crippen molar-refractivity contribution in [2.24, 2.45) is 11.3 Å². The zero-order valence-electron chi connectivity index (χ0n) is 8.92. The molecule has 1 fully saturated rings. The normalized spacial score (nSPS) is 47.6. The molecule has 0 spiro atoms. The molecule has 2 aliphatic carbocycles. The third-order valence-corrected chi connectivity index (χ3v) is 4.17. The summed E-state index contributed by atoms with van der Waals surface area (Å²) in [7, 11) is 0. The van der Waals surface area contributed by atoms with Crippen molar-refractivity contribution in [3.8, 4) is 0 Å². The van der Waals surface area contributed by atoms with Gasteiger partial charge in [0.2, 0.25) is 0 Å². The van der Waals surface area contributed by atoms with Gasteiger partial charge < -0.3 is 5.11 Å². The number of ketones is 1. The fourth-order valence-electron chi connectivity index (χ4n) is 3.07. The van der Waals surface area contributed by atoms with Gasteiger partial charge in [-0.1, -0.05) is 20.3 Å². The van der Waals surface area contributed by atoms with Crippen LogP contribution in [0.2, 0.25) is 0 Å². The summed E-state index contributed by atoms with van der Waals surface area (Å²) in [6.45, 7) is 4.13. The molecule has 0 aromatic heterocycles. The van der Waals surface area contributed by atoms with E-state index in [0.29, 0.717) is 6.42 Å². The summed E-state index contributed by atoms with van der Waals surface area (Å²) < 4.78 is 0. The number of carbonyl (C=O) groups is 1. The molecule has 0 aliphatic heterocycles. The topological polar surface area (TPSA) is 37.3 Å². The number of hydrogen-bond donors (Lipinski definition) is 1. The second-order valence-electron chi connectivity index (χ2n) is 5.16. The van der Waals surface area contributed by atoms with Crippen LogP contribution in [0.3, 0.4) is 0 Å². The molecular formula is C12H18O2. The van der Waals surface area contributed by atoms with Crippen molar-refractivity contribution in [2.75, 3.05) is 0 Å². The van der Waals surface area contributed by atoms with Crippen LogP contribution < -0.4 is 0 Å². The second kappa shape index (κ2) is 2.93. The van der Waals surface area contributed by atoms with E-state index in [1.165, 1.54) is 0 Å². The maximum absolute atomic E-state index is 11.4. The van der Waals surface area contributed by atoms with Gasteiger partial charge in [0.15, 0.2) is 5.78 Å². The van der Waals surface area contributed by atoms with Gasteiger partial charge in [0, 0.05) is 11.8 Å². The standard InChI is InChI=1S/C12H18O2/c1-9-4-3-6-11(2)8-10(13)5-7-12(9,11)14/h5,7,9,14H,3-4,6,8H2,1-2H3/t9-,11+,12-/m1/s1. The first-order valence-electron chi connectivity index (χ1n) is 5.42. The Morgan fingerprint density at radius 3 is 3.00 bits per heavy atom. The predicted molar refractivity (Wildman–Crippen MR) is 54.8 cm³/mol. The maximum Gasteiger partial charge on any atom is 0.156 e.